The fourth-order valence-corrected chi connectivity index (χ4v) is 4.03. The lowest BCUT2D eigenvalue weighted by Gasteiger charge is -2.25. The first kappa shape index (κ1) is 19.5. The van der Waals surface area contributed by atoms with Crippen molar-refractivity contribution in [3.63, 3.8) is 0 Å². The Morgan fingerprint density at radius 3 is 2.84 bits per heavy atom. The molecular weight excluding hydrogens is 390 g/mol. The Morgan fingerprint density at radius 2 is 1.97 bits per heavy atom. The maximum atomic E-state index is 10.6. The Morgan fingerprint density at radius 1 is 1.13 bits per heavy atom. The van der Waals surface area contributed by atoms with Gasteiger partial charge in [0, 0.05) is 41.5 Å². The smallest absolute Gasteiger partial charge is 0.199 e. The molecule has 4 aromatic rings. The third-order valence-corrected chi connectivity index (χ3v) is 5.73. The largest absolute Gasteiger partial charge is 0.494 e. The summed E-state index contributed by atoms with van der Waals surface area (Å²) in [6, 6.07) is 17.7. The predicted molar refractivity (Wildman–Crippen MR) is 124 cm³/mol. The van der Waals surface area contributed by atoms with E-state index in [1.54, 1.807) is 0 Å². The molecule has 5 rings (SSSR count). The Bertz CT molecular complexity index is 1260. The normalized spacial score (nSPS) is 15.7. The predicted octanol–water partition coefficient (Wildman–Crippen LogP) is 3.13. The molecule has 7 heteroatoms. The van der Waals surface area contributed by atoms with E-state index >= 15 is 0 Å². The number of para-hydroxylation sites is 1. The first-order valence-electron chi connectivity index (χ1n) is 10.5. The molecule has 1 fully saturated rings. The molecule has 3 heterocycles. The van der Waals surface area contributed by atoms with Gasteiger partial charge in [-0.2, -0.15) is 0 Å². The number of nitrogens with one attached hydrogen (secondary N) is 1. The van der Waals surface area contributed by atoms with Crippen LogP contribution in [0.5, 0.6) is 5.88 Å². The molecule has 1 saturated heterocycles. The van der Waals surface area contributed by atoms with Crippen LogP contribution in [0.3, 0.4) is 0 Å². The number of pyridine rings is 1. The fraction of sp³-hybridized carbons (Fsp3) is 0.250. The SMILES string of the molecule is NC(=NCCN1CCOCC1)c1ccc2[nH]c(O)c(-c3ccc4ccccc4n3)c2c1. The minimum Gasteiger partial charge on any atom is -0.494 e. The Hall–Kier alpha value is -3.42. The van der Waals surface area contributed by atoms with Crippen LogP contribution in [-0.4, -0.2) is 65.2 Å². The summed E-state index contributed by atoms with van der Waals surface area (Å²) >= 11 is 0. The maximum Gasteiger partial charge on any atom is 0.199 e. The molecule has 0 bridgehead atoms. The van der Waals surface area contributed by atoms with E-state index in [0.717, 1.165) is 60.2 Å². The lowest BCUT2D eigenvalue weighted by Crippen LogP contribution is -2.38. The molecule has 1 aliphatic heterocycles. The molecule has 0 spiro atoms. The summed E-state index contributed by atoms with van der Waals surface area (Å²) in [5.41, 5.74) is 10.2. The second-order valence-corrected chi connectivity index (χ2v) is 7.72. The van der Waals surface area contributed by atoms with Crippen molar-refractivity contribution in [2.75, 3.05) is 39.4 Å². The molecule has 0 aliphatic carbocycles. The van der Waals surface area contributed by atoms with E-state index < -0.39 is 0 Å². The minimum atomic E-state index is 0.0951. The van der Waals surface area contributed by atoms with E-state index in [1.165, 1.54) is 0 Å². The molecule has 31 heavy (non-hydrogen) atoms. The topological polar surface area (TPSA) is 99.8 Å². The van der Waals surface area contributed by atoms with Crippen LogP contribution in [0.1, 0.15) is 5.56 Å². The zero-order valence-corrected chi connectivity index (χ0v) is 17.2. The number of amidine groups is 1. The molecule has 2 aromatic carbocycles. The second kappa shape index (κ2) is 8.37. The molecule has 0 radical (unpaired) electrons. The number of H-pyrrole nitrogens is 1. The van der Waals surface area contributed by atoms with Crippen molar-refractivity contribution in [2.24, 2.45) is 10.7 Å². The monoisotopic (exact) mass is 415 g/mol. The Kier molecular flexibility index (Phi) is 5.28. The van der Waals surface area contributed by atoms with Crippen LogP contribution in [-0.2, 0) is 4.74 Å². The number of nitrogens with zero attached hydrogens (tertiary/aromatic N) is 3. The van der Waals surface area contributed by atoms with Gasteiger partial charge in [0.1, 0.15) is 5.84 Å². The van der Waals surface area contributed by atoms with E-state index in [2.05, 4.69) is 14.9 Å². The molecule has 0 saturated carbocycles. The zero-order valence-electron chi connectivity index (χ0n) is 17.2. The van der Waals surface area contributed by atoms with Gasteiger partial charge in [0.05, 0.1) is 36.5 Å². The Balaban J connectivity index is 1.45. The van der Waals surface area contributed by atoms with Gasteiger partial charge in [-0.3, -0.25) is 9.89 Å². The van der Waals surface area contributed by atoms with Crippen LogP contribution < -0.4 is 5.73 Å². The number of aliphatic imine (C=N–C) groups is 1. The van der Waals surface area contributed by atoms with Gasteiger partial charge >= 0.3 is 0 Å². The quantitative estimate of drug-likeness (QED) is 0.344. The van der Waals surface area contributed by atoms with Gasteiger partial charge in [0.25, 0.3) is 0 Å². The molecular formula is C24H25N5O2. The van der Waals surface area contributed by atoms with Gasteiger partial charge in [0.15, 0.2) is 5.88 Å². The Labute approximate surface area is 180 Å². The van der Waals surface area contributed by atoms with Gasteiger partial charge in [0.2, 0.25) is 0 Å². The van der Waals surface area contributed by atoms with E-state index in [-0.39, 0.29) is 5.88 Å². The average molecular weight is 415 g/mol. The van der Waals surface area contributed by atoms with Crippen LogP contribution in [0.25, 0.3) is 33.1 Å². The van der Waals surface area contributed by atoms with Crippen molar-refractivity contribution < 1.29 is 9.84 Å². The van der Waals surface area contributed by atoms with Gasteiger partial charge in [-0.15, -0.1) is 0 Å². The van der Waals surface area contributed by atoms with Crippen LogP contribution in [0, 0.1) is 0 Å². The van der Waals surface area contributed by atoms with Crippen molar-refractivity contribution >= 4 is 27.6 Å². The number of fused-ring (bicyclic) bond motifs is 2. The number of aromatic nitrogens is 2. The lowest BCUT2D eigenvalue weighted by atomic mass is 10.0. The van der Waals surface area contributed by atoms with Gasteiger partial charge < -0.3 is 20.6 Å². The zero-order chi connectivity index (χ0) is 21.2. The highest BCUT2D eigenvalue weighted by Crippen LogP contribution is 2.36. The van der Waals surface area contributed by atoms with E-state index in [9.17, 15) is 5.11 Å². The number of aromatic amines is 1. The highest BCUT2D eigenvalue weighted by Gasteiger charge is 2.16. The van der Waals surface area contributed by atoms with Gasteiger partial charge in [-0.25, -0.2) is 4.98 Å². The van der Waals surface area contributed by atoms with Gasteiger partial charge in [-0.05, 0) is 30.3 Å². The molecule has 4 N–H and O–H groups in total. The van der Waals surface area contributed by atoms with Crippen molar-refractivity contribution in [1.82, 2.24) is 14.9 Å². The van der Waals surface area contributed by atoms with Crippen molar-refractivity contribution in [1.29, 1.82) is 0 Å². The molecule has 158 valence electrons. The number of hydrogen-bond donors (Lipinski definition) is 3. The number of ether oxygens (including phenoxy) is 1. The summed E-state index contributed by atoms with van der Waals surface area (Å²) in [5, 5.41) is 12.5. The van der Waals surface area contributed by atoms with E-state index in [4.69, 9.17) is 15.5 Å². The third-order valence-electron chi connectivity index (χ3n) is 5.73. The highest BCUT2D eigenvalue weighted by molar-refractivity contribution is 6.05. The van der Waals surface area contributed by atoms with E-state index in [1.807, 2.05) is 54.6 Å². The summed E-state index contributed by atoms with van der Waals surface area (Å²) in [6.45, 7) is 4.93. The fourth-order valence-electron chi connectivity index (χ4n) is 4.03. The minimum absolute atomic E-state index is 0.0951. The van der Waals surface area contributed by atoms with Crippen LogP contribution in [0.15, 0.2) is 59.6 Å². The summed E-state index contributed by atoms with van der Waals surface area (Å²) in [7, 11) is 0. The number of benzene rings is 2. The molecule has 1 aliphatic rings. The molecule has 0 amide bonds. The van der Waals surface area contributed by atoms with Crippen molar-refractivity contribution in [3.05, 3.63) is 60.2 Å². The molecule has 0 atom stereocenters. The summed E-state index contributed by atoms with van der Waals surface area (Å²) < 4.78 is 5.38. The van der Waals surface area contributed by atoms with Crippen molar-refractivity contribution in [3.8, 4) is 17.1 Å². The lowest BCUT2D eigenvalue weighted by molar-refractivity contribution is 0.0394. The summed E-state index contributed by atoms with van der Waals surface area (Å²) in [6.07, 6.45) is 0. The average Bonchev–Trinajstić information content (AvgIpc) is 3.14. The highest BCUT2D eigenvalue weighted by atomic mass is 16.5. The number of morpholine rings is 1. The number of aromatic hydroxyl groups is 1. The number of nitrogens with two attached hydrogens (primary N) is 1. The summed E-state index contributed by atoms with van der Waals surface area (Å²) in [4.78, 5) is 14.7. The molecule has 2 aromatic heterocycles. The van der Waals surface area contributed by atoms with Crippen molar-refractivity contribution in [2.45, 2.75) is 0 Å². The van der Waals surface area contributed by atoms with Crippen LogP contribution in [0.2, 0.25) is 0 Å². The standard InChI is InChI=1S/C24H25N5O2/c25-23(26-9-10-29-11-13-31-14-12-29)17-6-7-20-18(15-17)22(24(30)28-20)21-8-5-16-3-1-2-4-19(16)27-21/h1-8,15,28,30H,9-14H2,(H2,25,26). The third kappa shape index (κ3) is 3.97. The first-order valence-corrected chi connectivity index (χ1v) is 10.5. The van der Waals surface area contributed by atoms with Crippen LogP contribution in [0.4, 0.5) is 0 Å². The number of rotatable bonds is 5. The number of hydrogen-bond acceptors (Lipinski definition) is 5. The summed E-state index contributed by atoms with van der Waals surface area (Å²) in [5.74, 6) is 0.589. The van der Waals surface area contributed by atoms with Gasteiger partial charge in [-0.1, -0.05) is 24.3 Å². The van der Waals surface area contributed by atoms with E-state index in [0.29, 0.717) is 23.6 Å². The van der Waals surface area contributed by atoms with Crippen LogP contribution >= 0.6 is 0 Å². The molecule has 7 nitrogen and oxygen atoms in total. The molecule has 0 unspecified atom stereocenters. The second-order valence-electron chi connectivity index (χ2n) is 7.72. The maximum absolute atomic E-state index is 10.6. The first-order chi connectivity index (χ1) is 15.2.